The Morgan fingerprint density at radius 2 is 2.00 bits per heavy atom. The van der Waals surface area contributed by atoms with Gasteiger partial charge in [0.25, 0.3) is 5.91 Å². The lowest BCUT2D eigenvalue weighted by Gasteiger charge is -2.14. The zero-order chi connectivity index (χ0) is 19.3. The van der Waals surface area contributed by atoms with E-state index in [1.807, 2.05) is 38.1 Å². The van der Waals surface area contributed by atoms with Gasteiger partial charge in [-0.15, -0.1) is 0 Å². The first kappa shape index (κ1) is 19.7. The van der Waals surface area contributed by atoms with Crippen molar-refractivity contribution in [3.63, 3.8) is 0 Å². The molecule has 1 heterocycles. The number of aryl methyl sites for hydroxylation is 1. The van der Waals surface area contributed by atoms with Crippen molar-refractivity contribution in [2.24, 2.45) is 11.8 Å². The number of hydrogen-bond donors (Lipinski definition) is 2. The molecule has 1 unspecified atom stereocenters. The van der Waals surface area contributed by atoms with Crippen LogP contribution in [0.15, 0.2) is 30.5 Å². The van der Waals surface area contributed by atoms with E-state index < -0.39 is 11.9 Å². The summed E-state index contributed by atoms with van der Waals surface area (Å²) in [6.45, 7) is 8.82. The molecule has 1 aromatic carbocycles. The van der Waals surface area contributed by atoms with Gasteiger partial charge in [0.15, 0.2) is 0 Å². The fourth-order valence-corrected chi connectivity index (χ4v) is 2.88. The maximum absolute atomic E-state index is 12.4. The van der Waals surface area contributed by atoms with Crippen LogP contribution in [0.2, 0.25) is 0 Å². The standard InChI is InChI=1S/C20H27N3O3/c1-13(2)12-23-15(4)18(11-22-23)19(24)21-10-17(20(25)26)9-16-7-5-6-14(3)8-16/h5-8,11,13,17H,9-10,12H2,1-4H3,(H,21,24)(H,25,26). The third-order valence-electron chi connectivity index (χ3n) is 4.31. The molecule has 140 valence electrons. The predicted octanol–water partition coefficient (Wildman–Crippen LogP) is 2.83. The van der Waals surface area contributed by atoms with Gasteiger partial charge in [-0.2, -0.15) is 5.10 Å². The zero-order valence-electron chi connectivity index (χ0n) is 15.8. The number of nitrogens with zero attached hydrogens (tertiary/aromatic N) is 2. The lowest BCUT2D eigenvalue weighted by Crippen LogP contribution is -2.34. The highest BCUT2D eigenvalue weighted by atomic mass is 16.4. The summed E-state index contributed by atoms with van der Waals surface area (Å²) in [6, 6.07) is 7.76. The molecule has 0 fully saturated rings. The molecule has 0 bridgehead atoms. The summed E-state index contributed by atoms with van der Waals surface area (Å²) in [6.07, 6.45) is 1.92. The lowest BCUT2D eigenvalue weighted by molar-refractivity contribution is -0.141. The van der Waals surface area contributed by atoms with Crippen molar-refractivity contribution in [1.82, 2.24) is 15.1 Å². The minimum absolute atomic E-state index is 0.0803. The first-order chi connectivity index (χ1) is 12.3. The van der Waals surface area contributed by atoms with Gasteiger partial charge in [0.1, 0.15) is 0 Å². The molecule has 0 aliphatic rings. The smallest absolute Gasteiger partial charge is 0.308 e. The largest absolute Gasteiger partial charge is 0.481 e. The van der Waals surface area contributed by atoms with E-state index in [0.29, 0.717) is 17.9 Å². The number of amides is 1. The number of carbonyl (C=O) groups is 2. The number of hydrogen-bond acceptors (Lipinski definition) is 3. The average molecular weight is 357 g/mol. The Hall–Kier alpha value is -2.63. The zero-order valence-corrected chi connectivity index (χ0v) is 15.8. The number of aliphatic carboxylic acids is 1. The number of benzene rings is 1. The van der Waals surface area contributed by atoms with Crippen LogP contribution in [0.5, 0.6) is 0 Å². The lowest BCUT2D eigenvalue weighted by atomic mass is 9.98. The van der Waals surface area contributed by atoms with Gasteiger partial charge in [0, 0.05) is 18.8 Å². The first-order valence-corrected chi connectivity index (χ1v) is 8.87. The third-order valence-corrected chi connectivity index (χ3v) is 4.31. The molecule has 0 saturated heterocycles. The Morgan fingerprint density at radius 1 is 1.27 bits per heavy atom. The van der Waals surface area contributed by atoms with Gasteiger partial charge in [0.05, 0.1) is 17.7 Å². The predicted molar refractivity (Wildman–Crippen MR) is 100 cm³/mol. The molecule has 0 radical (unpaired) electrons. The summed E-state index contributed by atoms with van der Waals surface area (Å²) in [7, 11) is 0. The monoisotopic (exact) mass is 357 g/mol. The van der Waals surface area contributed by atoms with Crippen LogP contribution in [0, 0.1) is 25.7 Å². The van der Waals surface area contributed by atoms with Crippen LogP contribution in [0.4, 0.5) is 0 Å². The number of carboxylic acid groups (broad SMARTS) is 1. The quantitative estimate of drug-likeness (QED) is 0.761. The fourth-order valence-electron chi connectivity index (χ4n) is 2.88. The van der Waals surface area contributed by atoms with Crippen LogP contribution in [0.25, 0.3) is 0 Å². The second-order valence-corrected chi connectivity index (χ2v) is 7.16. The second kappa shape index (κ2) is 8.65. The summed E-state index contributed by atoms with van der Waals surface area (Å²) in [5.74, 6) is -1.45. The van der Waals surface area contributed by atoms with Crippen LogP contribution >= 0.6 is 0 Å². The van der Waals surface area contributed by atoms with Crippen molar-refractivity contribution in [3.8, 4) is 0 Å². The highest BCUT2D eigenvalue weighted by Crippen LogP contribution is 2.13. The molecule has 1 amide bonds. The Bertz CT molecular complexity index is 780. The normalized spacial score (nSPS) is 12.2. The Balaban J connectivity index is 2.01. The summed E-state index contributed by atoms with van der Waals surface area (Å²) >= 11 is 0. The highest BCUT2D eigenvalue weighted by molar-refractivity contribution is 5.95. The van der Waals surface area contributed by atoms with Gasteiger partial charge < -0.3 is 10.4 Å². The summed E-state index contributed by atoms with van der Waals surface area (Å²) < 4.78 is 1.81. The van der Waals surface area contributed by atoms with E-state index in [-0.39, 0.29) is 12.5 Å². The van der Waals surface area contributed by atoms with Crippen LogP contribution in [0.3, 0.4) is 0 Å². The van der Waals surface area contributed by atoms with E-state index in [4.69, 9.17) is 0 Å². The number of carbonyl (C=O) groups excluding carboxylic acids is 1. The highest BCUT2D eigenvalue weighted by Gasteiger charge is 2.21. The van der Waals surface area contributed by atoms with E-state index in [0.717, 1.165) is 23.4 Å². The molecule has 2 aromatic rings. The van der Waals surface area contributed by atoms with Crippen LogP contribution in [0.1, 0.15) is 41.0 Å². The Morgan fingerprint density at radius 3 is 2.62 bits per heavy atom. The van der Waals surface area contributed by atoms with Gasteiger partial charge >= 0.3 is 5.97 Å². The SMILES string of the molecule is Cc1cccc(CC(CNC(=O)c2cnn(CC(C)C)c2C)C(=O)O)c1. The molecule has 0 saturated carbocycles. The van der Waals surface area contributed by atoms with E-state index in [1.165, 1.54) is 0 Å². The van der Waals surface area contributed by atoms with Gasteiger partial charge in [-0.25, -0.2) is 0 Å². The van der Waals surface area contributed by atoms with Crippen molar-refractivity contribution in [2.75, 3.05) is 6.54 Å². The van der Waals surface area contributed by atoms with Gasteiger partial charge in [0.2, 0.25) is 0 Å². The van der Waals surface area contributed by atoms with Crippen molar-refractivity contribution >= 4 is 11.9 Å². The molecule has 0 spiro atoms. The second-order valence-electron chi connectivity index (χ2n) is 7.16. The van der Waals surface area contributed by atoms with Gasteiger partial charge in [-0.05, 0) is 31.7 Å². The first-order valence-electron chi connectivity index (χ1n) is 8.87. The van der Waals surface area contributed by atoms with E-state index >= 15 is 0 Å². The van der Waals surface area contributed by atoms with E-state index in [9.17, 15) is 14.7 Å². The number of nitrogens with one attached hydrogen (secondary N) is 1. The molecular formula is C20H27N3O3. The topological polar surface area (TPSA) is 84.2 Å². The van der Waals surface area contributed by atoms with Crippen molar-refractivity contribution in [1.29, 1.82) is 0 Å². The Labute approximate surface area is 154 Å². The molecule has 2 rings (SSSR count). The maximum Gasteiger partial charge on any atom is 0.308 e. The van der Waals surface area contributed by atoms with Crippen molar-refractivity contribution in [2.45, 2.75) is 40.7 Å². The summed E-state index contributed by atoms with van der Waals surface area (Å²) in [5, 5.41) is 16.5. The maximum atomic E-state index is 12.4. The molecule has 2 N–H and O–H groups in total. The molecule has 6 nitrogen and oxygen atoms in total. The molecular weight excluding hydrogens is 330 g/mol. The fraction of sp³-hybridized carbons (Fsp3) is 0.450. The number of carboxylic acids is 1. The number of rotatable bonds is 8. The van der Waals surface area contributed by atoms with Crippen LogP contribution < -0.4 is 5.32 Å². The van der Waals surface area contributed by atoms with Crippen LogP contribution in [-0.4, -0.2) is 33.3 Å². The summed E-state index contributed by atoms with van der Waals surface area (Å²) in [4.78, 5) is 24.0. The molecule has 26 heavy (non-hydrogen) atoms. The Kier molecular flexibility index (Phi) is 6.55. The minimum atomic E-state index is -0.918. The molecule has 0 aliphatic carbocycles. The van der Waals surface area contributed by atoms with Gasteiger partial charge in [-0.3, -0.25) is 14.3 Å². The molecule has 6 heteroatoms. The molecule has 0 aliphatic heterocycles. The van der Waals surface area contributed by atoms with Crippen molar-refractivity contribution < 1.29 is 14.7 Å². The van der Waals surface area contributed by atoms with E-state index in [2.05, 4.69) is 24.3 Å². The molecule has 1 atom stereocenters. The third kappa shape index (κ3) is 5.18. The number of aromatic nitrogens is 2. The van der Waals surface area contributed by atoms with Gasteiger partial charge in [-0.1, -0.05) is 43.7 Å². The van der Waals surface area contributed by atoms with Crippen LogP contribution in [-0.2, 0) is 17.8 Å². The van der Waals surface area contributed by atoms with Crippen molar-refractivity contribution in [3.05, 3.63) is 52.8 Å². The van der Waals surface area contributed by atoms with E-state index in [1.54, 1.807) is 10.9 Å². The summed E-state index contributed by atoms with van der Waals surface area (Å²) in [5.41, 5.74) is 3.32. The average Bonchev–Trinajstić information content (AvgIpc) is 2.91. The molecule has 1 aromatic heterocycles. The minimum Gasteiger partial charge on any atom is -0.481 e.